The lowest BCUT2D eigenvalue weighted by Gasteiger charge is -2.17. The fraction of sp³-hybridized carbons (Fsp3) is 0.579. The number of benzene rings is 1. The Morgan fingerprint density at radius 1 is 1.28 bits per heavy atom. The summed E-state index contributed by atoms with van der Waals surface area (Å²) in [4.78, 5) is 24.8. The zero-order valence-electron chi connectivity index (χ0n) is 15.0. The van der Waals surface area contributed by atoms with Crippen molar-refractivity contribution in [1.82, 2.24) is 5.32 Å². The zero-order valence-corrected chi connectivity index (χ0v) is 15.8. The van der Waals surface area contributed by atoms with Gasteiger partial charge in [-0.15, -0.1) is 11.8 Å². The molecule has 1 saturated heterocycles. The Morgan fingerprint density at radius 3 is 2.68 bits per heavy atom. The van der Waals surface area contributed by atoms with E-state index in [9.17, 15) is 9.59 Å². The van der Waals surface area contributed by atoms with Crippen molar-refractivity contribution in [3.63, 3.8) is 0 Å². The maximum atomic E-state index is 12.8. The van der Waals surface area contributed by atoms with Crippen LogP contribution < -0.4 is 10.1 Å². The Bertz CT molecular complexity index is 676. The summed E-state index contributed by atoms with van der Waals surface area (Å²) in [6, 6.07) is 3.76. The molecule has 1 aliphatic carbocycles. The number of aryl methyl sites for hydroxylation is 1. The molecule has 1 N–H and O–H groups in total. The molecule has 1 aliphatic heterocycles. The van der Waals surface area contributed by atoms with E-state index in [2.05, 4.69) is 17.4 Å². The van der Waals surface area contributed by atoms with Crippen LogP contribution in [0.1, 0.15) is 30.0 Å². The van der Waals surface area contributed by atoms with Gasteiger partial charge in [0.1, 0.15) is 17.6 Å². The first-order valence-corrected chi connectivity index (χ1v) is 9.79. The van der Waals surface area contributed by atoms with Crippen LogP contribution in [-0.2, 0) is 27.2 Å². The summed E-state index contributed by atoms with van der Waals surface area (Å²) in [6.07, 6.45) is 2.32. The van der Waals surface area contributed by atoms with Crippen molar-refractivity contribution in [2.75, 3.05) is 19.6 Å². The van der Waals surface area contributed by atoms with Crippen molar-refractivity contribution in [3.8, 4) is 5.75 Å². The van der Waals surface area contributed by atoms with Crippen molar-refractivity contribution in [2.24, 2.45) is 5.92 Å². The molecule has 3 rings (SSSR count). The van der Waals surface area contributed by atoms with Crippen LogP contribution in [0.5, 0.6) is 5.75 Å². The van der Waals surface area contributed by atoms with Crippen LogP contribution in [0.3, 0.4) is 0 Å². The molecule has 0 saturated carbocycles. The van der Waals surface area contributed by atoms with E-state index in [-0.39, 0.29) is 17.0 Å². The van der Waals surface area contributed by atoms with E-state index in [4.69, 9.17) is 9.47 Å². The number of carbonyl (C=O) groups is 2. The van der Waals surface area contributed by atoms with Crippen LogP contribution >= 0.6 is 11.8 Å². The third kappa shape index (κ3) is 3.85. The van der Waals surface area contributed by atoms with Gasteiger partial charge in [-0.3, -0.25) is 14.9 Å². The molecule has 2 unspecified atom stereocenters. The molecule has 0 amide bonds. The molecule has 25 heavy (non-hydrogen) atoms. The Kier molecular flexibility index (Phi) is 5.69. The van der Waals surface area contributed by atoms with Crippen molar-refractivity contribution >= 4 is 23.5 Å². The first-order chi connectivity index (χ1) is 12.0. The van der Waals surface area contributed by atoms with Crippen molar-refractivity contribution in [1.29, 1.82) is 0 Å². The molecule has 1 fully saturated rings. The van der Waals surface area contributed by atoms with Gasteiger partial charge in [0.2, 0.25) is 0 Å². The first-order valence-electron chi connectivity index (χ1n) is 8.74. The predicted molar refractivity (Wildman–Crippen MR) is 98.1 cm³/mol. The summed E-state index contributed by atoms with van der Waals surface area (Å²) in [6.45, 7) is 4.16. The highest BCUT2D eigenvalue weighted by Crippen LogP contribution is 2.35. The average Bonchev–Trinajstić information content (AvgIpc) is 3.20. The summed E-state index contributed by atoms with van der Waals surface area (Å²) in [5.74, 6) is 1.65. The number of thioether (sulfide) groups is 1. The molecule has 0 radical (unpaired) electrons. The number of fused-ring (bicyclic) bond motifs is 1. The van der Waals surface area contributed by atoms with Crippen molar-refractivity contribution in [2.45, 2.75) is 44.4 Å². The van der Waals surface area contributed by atoms with Crippen LogP contribution in [0.15, 0.2) is 12.1 Å². The van der Waals surface area contributed by atoms with Crippen molar-refractivity contribution < 1.29 is 19.1 Å². The second kappa shape index (κ2) is 7.79. The number of rotatable bonds is 6. The maximum absolute atomic E-state index is 12.8. The minimum Gasteiger partial charge on any atom is -0.496 e. The van der Waals surface area contributed by atoms with Crippen LogP contribution in [-0.4, -0.2) is 42.6 Å². The topological polar surface area (TPSA) is 64.6 Å². The molecule has 0 spiro atoms. The Morgan fingerprint density at radius 2 is 2.00 bits per heavy atom. The third-order valence-electron chi connectivity index (χ3n) is 4.95. The smallest absolute Gasteiger partial charge is 0.324 e. The summed E-state index contributed by atoms with van der Waals surface area (Å²) < 4.78 is 10.5. The highest BCUT2D eigenvalue weighted by Gasteiger charge is 2.40. The van der Waals surface area contributed by atoms with Crippen LogP contribution in [0.4, 0.5) is 0 Å². The largest absolute Gasteiger partial charge is 0.496 e. The molecule has 136 valence electrons. The number of carbonyl (C=O) groups excluding carboxylic acids is 2. The van der Waals surface area contributed by atoms with E-state index in [1.54, 1.807) is 14.0 Å². The number of ether oxygens (including phenoxy) is 2. The average molecular weight is 363 g/mol. The fourth-order valence-electron chi connectivity index (χ4n) is 3.78. The molecule has 3 atom stereocenters. The summed E-state index contributed by atoms with van der Waals surface area (Å²) in [7, 11) is 1.69. The first kappa shape index (κ1) is 18.3. The number of ketones is 1. The molecular weight excluding hydrogens is 338 g/mol. The molecule has 5 nitrogen and oxygen atoms in total. The lowest BCUT2D eigenvalue weighted by Crippen LogP contribution is -2.43. The fourth-order valence-corrected chi connectivity index (χ4v) is 4.92. The predicted octanol–water partition coefficient (Wildman–Crippen LogP) is 2.27. The molecule has 6 heteroatoms. The number of Topliss-reactive ketones (excluding diaryl/α,β-unsaturated/α-hetero) is 1. The maximum Gasteiger partial charge on any atom is 0.324 e. The van der Waals surface area contributed by atoms with Gasteiger partial charge in [0.25, 0.3) is 0 Å². The van der Waals surface area contributed by atoms with Crippen LogP contribution in [0, 0.1) is 12.8 Å². The highest BCUT2D eigenvalue weighted by atomic mass is 32.2. The Labute approximate surface area is 152 Å². The number of hydrogen-bond donors (Lipinski definition) is 1. The standard InChI is InChI=1S/C19H25NO4S/c1-4-24-19(22)17-18(25-10-20-17)15(21)8-12-6-13-5-11(2)16(23-3)9-14(13)7-12/h5,9,12,17-18,20H,4,6-8,10H2,1-3H3/t12?,17-,18?/m0/s1. The van der Waals surface area contributed by atoms with E-state index in [1.165, 1.54) is 22.9 Å². The number of hydrogen-bond acceptors (Lipinski definition) is 6. The van der Waals surface area contributed by atoms with Gasteiger partial charge in [-0.1, -0.05) is 6.07 Å². The Hall–Kier alpha value is -1.53. The van der Waals surface area contributed by atoms with Gasteiger partial charge in [0.05, 0.1) is 19.0 Å². The van der Waals surface area contributed by atoms with E-state index in [0.29, 0.717) is 24.8 Å². The molecule has 0 bridgehead atoms. The van der Waals surface area contributed by atoms with Gasteiger partial charge in [-0.2, -0.15) is 0 Å². The van der Waals surface area contributed by atoms with Crippen LogP contribution in [0.2, 0.25) is 0 Å². The number of nitrogens with one attached hydrogen (secondary N) is 1. The van der Waals surface area contributed by atoms with Gasteiger partial charge < -0.3 is 9.47 Å². The summed E-state index contributed by atoms with van der Waals surface area (Å²) >= 11 is 1.51. The number of esters is 1. The van der Waals surface area contributed by atoms with Gasteiger partial charge in [0, 0.05) is 12.3 Å². The van der Waals surface area contributed by atoms with Gasteiger partial charge in [-0.05, 0) is 55.4 Å². The second-order valence-corrected chi connectivity index (χ2v) is 7.83. The highest BCUT2D eigenvalue weighted by molar-refractivity contribution is 8.00. The summed E-state index contributed by atoms with van der Waals surface area (Å²) in [5.41, 5.74) is 3.72. The van der Waals surface area contributed by atoms with Gasteiger partial charge in [0.15, 0.2) is 0 Å². The second-order valence-electron chi connectivity index (χ2n) is 6.70. The molecule has 1 aromatic rings. The minimum absolute atomic E-state index is 0.148. The van der Waals surface area contributed by atoms with E-state index < -0.39 is 6.04 Å². The van der Waals surface area contributed by atoms with Crippen molar-refractivity contribution in [3.05, 3.63) is 28.8 Å². The number of methoxy groups -OCH3 is 1. The van der Waals surface area contributed by atoms with Crippen LogP contribution in [0.25, 0.3) is 0 Å². The van der Waals surface area contributed by atoms with E-state index >= 15 is 0 Å². The SMILES string of the molecule is CCOC(=O)[C@H]1NCSC1C(=O)CC1Cc2cc(C)c(OC)cc2C1. The van der Waals surface area contributed by atoms with Gasteiger partial charge >= 0.3 is 5.97 Å². The lowest BCUT2D eigenvalue weighted by molar-refractivity contribution is -0.146. The minimum atomic E-state index is -0.511. The monoisotopic (exact) mass is 363 g/mol. The quantitative estimate of drug-likeness (QED) is 0.782. The van der Waals surface area contributed by atoms with E-state index in [1.807, 2.05) is 6.92 Å². The van der Waals surface area contributed by atoms with Gasteiger partial charge in [-0.25, -0.2) is 0 Å². The molecule has 1 heterocycles. The normalized spacial score (nSPS) is 24.8. The lowest BCUT2D eigenvalue weighted by atomic mass is 9.96. The van der Waals surface area contributed by atoms with E-state index in [0.717, 1.165) is 24.2 Å². The molecular formula is C19H25NO4S. The third-order valence-corrected chi connectivity index (χ3v) is 6.18. The molecule has 0 aromatic heterocycles. The Balaban J connectivity index is 1.63. The zero-order chi connectivity index (χ0) is 18.0. The molecule has 1 aromatic carbocycles. The molecule has 2 aliphatic rings. The summed E-state index contributed by atoms with van der Waals surface area (Å²) in [5, 5.41) is 2.75.